The SMILES string of the molecule is CCCCCCCCCCCCCCCCCCCCCCN(C)c1ccc(C2=C([O-])C(c3ccc(N(C)CCCCCCCCCCCCCCCCCCCCCC)cc3)C2=O)cc1. The number of carbonyl (C=O) groups excluding carboxylic acids is 1. The first-order valence-electron chi connectivity index (χ1n) is 29.1. The van der Waals surface area contributed by atoms with Crippen LogP contribution in [0.25, 0.3) is 5.57 Å². The maximum Gasteiger partial charge on any atom is 0.173 e. The van der Waals surface area contributed by atoms with E-state index in [2.05, 4.69) is 62.0 Å². The number of carbonyl (C=O) groups is 1. The van der Waals surface area contributed by atoms with Crippen LogP contribution in [0.4, 0.5) is 11.4 Å². The van der Waals surface area contributed by atoms with Gasteiger partial charge in [0.25, 0.3) is 0 Å². The zero-order valence-electron chi connectivity index (χ0n) is 44.1. The standard InChI is InChI=1S/C62H106N2O2/c1-5-7-9-11-13-15-17-19-21-23-25-27-29-31-33-35-37-39-41-43-53-63(3)57-49-45-55(46-50-57)59-61(65)60(62(59)66)56-47-51-58(52-48-56)64(4)54-44-42-40-38-36-34-32-30-28-26-24-22-20-18-16-14-12-10-8-6-2/h45-52,59,65H,5-44,53-54H2,1-4H3/p-1. The number of ketones is 1. The van der Waals surface area contributed by atoms with Gasteiger partial charge in [0.15, 0.2) is 5.78 Å². The predicted molar refractivity (Wildman–Crippen MR) is 290 cm³/mol. The highest BCUT2D eigenvalue weighted by Crippen LogP contribution is 2.42. The molecule has 4 nitrogen and oxygen atoms in total. The molecule has 2 aromatic rings. The van der Waals surface area contributed by atoms with Crippen LogP contribution in [-0.4, -0.2) is 33.0 Å². The molecule has 0 aliphatic heterocycles. The molecule has 0 aromatic heterocycles. The first-order valence-corrected chi connectivity index (χ1v) is 29.1. The molecule has 66 heavy (non-hydrogen) atoms. The summed E-state index contributed by atoms with van der Waals surface area (Å²) in [7, 11) is 4.30. The van der Waals surface area contributed by atoms with Gasteiger partial charge in [0.2, 0.25) is 0 Å². The van der Waals surface area contributed by atoms with Crippen LogP contribution >= 0.6 is 0 Å². The second kappa shape index (κ2) is 39.1. The molecule has 376 valence electrons. The Bertz CT molecular complexity index is 1460. The van der Waals surface area contributed by atoms with Crippen LogP contribution in [0.3, 0.4) is 0 Å². The predicted octanol–water partition coefficient (Wildman–Crippen LogP) is 18.6. The highest BCUT2D eigenvalue weighted by molar-refractivity contribution is 6.31. The summed E-state index contributed by atoms with van der Waals surface area (Å²) in [5.41, 5.74) is 4.22. The lowest BCUT2D eigenvalue weighted by molar-refractivity contribution is -0.310. The smallest absolute Gasteiger partial charge is 0.173 e. The quantitative estimate of drug-likeness (QED) is 0.0621. The van der Waals surface area contributed by atoms with Gasteiger partial charge in [-0.25, -0.2) is 0 Å². The Kier molecular flexibility index (Phi) is 34.1. The van der Waals surface area contributed by atoms with Crippen molar-refractivity contribution >= 4 is 22.7 Å². The molecule has 0 heterocycles. The number of allylic oxidation sites excluding steroid dienone is 2. The number of benzene rings is 2. The fraction of sp³-hybridized carbons (Fsp3) is 0.758. The summed E-state index contributed by atoms with van der Waals surface area (Å²) in [6.07, 6.45) is 56.1. The Balaban J connectivity index is 1.16. The van der Waals surface area contributed by atoms with E-state index in [1.807, 2.05) is 24.3 Å². The number of anilines is 2. The second-order valence-electron chi connectivity index (χ2n) is 21.0. The molecule has 0 saturated heterocycles. The number of nitrogens with zero attached hydrogens (tertiary/aromatic N) is 2. The molecule has 0 amide bonds. The molecular formula is C62H105N2O2-. The number of hydrogen-bond donors (Lipinski definition) is 0. The van der Waals surface area contributed by atoms with Crippen LogP contribution in [-0.2, 0) is 4.79 Å². The Labute approximate surface area is 410 Å². The Morgan fingerprint density at radius 1 is 0.364 bits per heavy atom. The van der Waals surface area contributed by atoms with Crippen molar-refractivity contribution in [1.82, 2.24) is 0 Å². The lowest BCUT2D eigenvalue weighted by Gasteiger charge is -2.37. The van der Waals surface area contributed by atoms with E-state index in [0.29, 0.717) is 5.57 Å². The average molecular weight is 911 g/mol. The van der Waals surface area contributed by atoms with Crippen molar-refractivity contribution in [3.8, 4) is 0 Å². The number of rotatable bonds is 46. The molecule has 0 bridgehead atoms. The fourth-order valence-electron chi connectivity index (χ4n) is 10.3. The Hall–Kier alpha value is -2.75. The third-order valence-electron chi connectivity index (χ3n) is 15.0. The van der Waals surface area contributed by atoms with Crippen molar-refractivity contribution in [1.29, 1.82) is 0 Å². The van der Waals surface area contributed by atoms with E-state index in [4.69, 9.17) is 0 Å². The van der Waals surface area contributed by atoms with Gasteiger partial charge in [-0.1, -0.05) is 282 Å². The summed E-state index contributed by atoms with van der Waals surface area (Å²) < 4.78 is 0. The zero-order chi connectivity index (χ0) is 47.1. The van der Waals surface area contributed by atoms with E-state index < -0.39 is 5.92 Å². The van der Waals surface area contributed by atoms with Gasteiger partial charge >= 0.3 is 0 Å². The largest absolute Gasteiger partial charge is 0.874 e. The first-order chi connectivity index (χ1) is 32.5. The third-order valence-corrected chi connectivity index (χ3v) is 15.0. The Morgan fingerprint density at radius 2 is 0.606 bits per heavy atom. The van der Waals surface area contributed by atoms with E-state index >= 15 is 0 Å². The van der Waals surface area contributed by atoms with Crippen molar-refractivity contribution in [3.05, 3.63) is 65.4 Å². The molecule has 3 rings (SSSR count). The topological polar surface area (TPSA) is 46.6 Å². The van der Waals surface area contributed by atoms with Crippen LogP contribution in [0, 0.1) is 0 Å². The molecule has 0 spiro atoms. The van der Waals surface area contributed by atoms with E-state index in [1.54, 1.807) is 0 Å². The van der Waals surface area contributed by atoms with Crippen molar-refractivity contribution < 1.29 is 9.90 Å². The van der Waals surface area contributed by atoms with E-state index in [-0.39, 0.29) is 11.5 Å². The second-order valence-corrected chi connectivity index (χ2v) is 21.0. The van der Waals surface area contributed by atoms with Crippen LogP contribution < -0.4 is 14.9 Å². The van der Waals surface area contributed by atoms with E-state index in [0.717, 1.165) is 35.6 Å². The van der Waals surface area contributed by atoms with Gasteiger partial charge in [-0.2, -0.15) is 0 Å². The maximum absolute atomic E-state index is 13.3. The molecule has 0 fully saturated rings. The van der Waals surface area contributed by atoms with E-state index in [9.17, 15) is 9.90 Å². The van der Waals surface area contributed by atoms with Crippen molar-refractivity contribution in [2.75, 3.05) is 37.0 Å². The van der Waals surface area contributed by atoms with Crippen molar-refractivity contribution in [2.24, 2.45) is 0 Å². The number of unbranched alkanes of at least 4 members (excludes halogenated alkanes) is 38. The summed E-state index contributed by atoms with van der Waals surface area (Å²) in [4.78, 5) is 17.9. The molecule has 0 radical (unpaired) electrons. The number of Topliss-reactive ketones (excluding diaryl/α,β-unsaturated/α-hetero) is 1. The lowest BCUT2D eigenvalue weighted by atomic mass is 9.75. The lowest BCUT2D eigenvalue weighted by Crippen LogP contribution is -2.35. The molecule has 1 aliphatic carbocycles. The van der Waals surface area contributed by atoms with Gasteiger partial charge in [0, 0.05) is 44.1 Å². The Morgan fingerprint density at radius 3 is 0.864 bits per heavy atom. The summed E-state index contributed by atoms with van der Waals surface area (Å²) in [5.74, 6) is -0.753. The van der Waals surface area contributed by atoms with Crippen LogP contribution in [0.2, 0.25) is 0 Å². The molecule has 4 heteroatoms. The summed E-state index contributed by atoms with van der Waals surface area (Å²) in [6.45, 7) is 6.65. The van der Waals surface area contributed by atoms with Gasteiger partial charge in [-0.15, -0.1) is 5.76 Å². The fourth-order valence-corrected chi connectivity index (χ4v) is 10.3. The van der Waals surface area contributed by atoms with Gasteiger partial charge in [0.05, 0.1) is 5.92 Å². The molecular weight excluding hydrogens is 805 g/mol. The number of hydrogen-bond acceptors (Lipinski definition) is 4. The summed E-state index contributed by atoms with van der Waals surface area (Å²) in [5, 5.41) is 13.3. The maximum atomic E-state index is 13.3. The molecule has 0 saturated carbocycles. The van der Waals surface area contributed by atoms with Crippen LogP contribution in [0.15, 0.2) is 54.3 Å². The van der Waals surface area contributed by atoms with Gasteiger partial charge in [-0.05, 0) is 48.2 Å². The molecule has 0 N–H and O–H groups in total. The molecule has 1 unspecified atom stereocenters. The zero-order valence-corrected chi connectivity index (χ0v) is 44.1. The monoisotopic (exact) mass is 910 g/mol. The highest BCUT2D eigenvalue weighted by Gasteiger charge is 2.35. The minimum Gasteiger partial charge on any atom is -0.874 e. The van der Waals surface area contributed by atoms with Crippen LogP contribution in [0.5, 0.6) is 0 Å². The third kappa shape index (κ3) is 25.6. The minimum atomic E-state index is -0.662. The van der Waals surface area contributed by atoms with Crippen LogP contribution in [0.1, 0.15) is 288 Å². The average Bonchev–Trinajstić information content (AvgIpc) is 3.33. The normalized spacial score (nSPS) is 13.8. The van der Waals surface area contributed by atoms with Gasteiger partial charge in [-0.3, -0.25) is 4.79 Å². The van der Waals surface area contributed by atoms with Gasteiger partial charge in [0.1, 0.15) is 0 Å². The van der Waals surface area contributed by atoms with E-state index in [1.165, 1.54) is 257 Å². The molecule has 2 aromatic carbocycles. The molecule has 1 aliphatic rings. The first kappa shape index (κ1) is 57.6. The molecule has 1 atom stereocenters. The highest BCUT2D eigenvalue weighted by atomic mass is 16.3. The van der Waals surface area contributed by atoms with Gasteiger partial charge < -0.3 is 14.9 Å². The minimum absolute atomic E-state index is 0.0455. The van der Waals surface area contributed by atoms with Crippen molar-refractivity contribution in [2.45, 2.75) is 277 Å². The summed E-state index contributed by atoms with van der Waals surface area (Å²) >= 11 is 0. The summed E-state index contributed by atoms with van der Waals surface area (Å²) in [6, 6.07) is 16.2. The van der Waals surface area contributed by atoms with Crippen molar-refractivity contribution in [3.63, 3.8) is 0 Å².